The number of aromatic amines is 1. The van der Waals surface area contributed by atoms with Gasteiger partial charge in [-0.1, -0.05) is 6.07 Å². The van der Waals surface area contributed by atoms with Gasteiger partial charge < -0.3 is 16.5 Å². The summed E-state index contributed by atoms with van der Waals surface area (Å²) < 4.78 is 0. The third kappa shape index (κ3) is 0.812. The molecule has 0 saturated carbocycles. The smallest absolute Gasteiger partial charge is 0.198 e. The van der Waals surface area contributed by atoms with Crippen molar-refractivity contribution >= 4 is 22.7 Å². The highest BCUT2D eigenvalue weighted by atomic mass is 15.0. The molecule has 0 aliphatic heterocycles. The Kier molecular flexibility index (Phi) is 1.24. The maximum Gasteiger partial charge on any atom is 0.198 e. The lowest BCUT2D eigenvalue weighted by Gasteiger charge is -1.97. The molecule has 2 aromatic rings. The van der Waals surface area contributed by atoms with Crippen molar-refractivity contribution in [3.8, 4) is 0 Å². The highest BCUT2D eigenvalue weighted by Gasteiger charge is 2.04. The number of nitrogens with one attached hydrogen (secondary N) is 1. The highest BCUT2D eigenvalue weighted by molar-refractivity contribution is 5.89. The molecule has 0 radical (unpaired) electrons. The molecule has 12 heavy (non-hydrogen) atoms. The molecule has 0 aliphatic carbocycles. The Morgan fingerprint density at radius 3 is 2.83 bits per heavy atom. The summed E-state index contributed by atoms with van der Waals surface area (Å²) in [5, 5.41) is 0. The molecule has 0 amide bonds. The van der Waals surface area contributed by atoms with E-state index in [1.807, 2.05) is 19.1 Å². The second-order valence-electron chi connectivity index (χ2n) is 2.81. The van der Waals surface area contributed by atoms with E-state index in [-0.39, 0.29) is 0 Å². The van der Waals surface area contributed by atoms with Gasteiger partial charge in [-0.25, -0.2) is 4.98 Å². The molecule has 0 spiro atoms. The van der Waals surface area contributed by atoms with E-state index >= 15 is 0 Å². The number of hydrogen-bond acceptors (Lipinski definition) is 3. The van der Waals surface area contributed by atoms with E-state index in [0.717, 1.165) is 16.6 Å². The maximum absolute atomic E-state index is 5.79. The van der Waals surface area contributed by atoms with Gasteiger partial charge in [0.05, 0.1) is 11.2 Å². The van der Waals surface area contributed by atoms with Crippen molar-refractivity contribution in [3.05, 3.63) is 17.7 Å². The molecule has 0 unspecified atom stereocenters. The van der Waals surface area contributed by atoms with Crippen LogP contribution in [0.15, 0.2) is 12.1 Å². The Morgan fingerprint density at radius 1 is 1.33 bits per heavy atom. The molecule has 2 rings (SSSR count). The van der Waals surface area contributed by atoms with Crippen LogP contribution in [0, 0.1) is 6.92 Å². The molecular formula is C8H10N4. The number of aryl methyl sites for hydroxylation is 1. The Labute approximate surface area is 69.6 Å². The zero-order chi connectivity index (χ0) is 8.72. The van der Waals surface area contributed by atoms with Crippen LogP contribution in [0.1, 0.15) is 5.56 Å². The lowest BCUT2D eigenvalue weighted by atomic mass is 10.2. The van der Waals surface area contributed by atoms with Crippen LogP contribution < -0.4 is 11.5 Å². The zero-order valence-corrected chi connectivity index (χ0v) is 6.76. The average Bonchev–Trinajstić information content (AvgIpc) is 2.39. The van der Waals surface area contributed by atoms with Gasteiger partial charge in [-0.05, 0) is 18.6 Å². The van der Waals surface area contributed by atoms with Gasteiger partial charge >= 0.3 is 0 Å². The summed E-state index contributed by atoms with van der Waals surface area (Å²) in [4.78, 5) is 6.98. The van der Waals surface area contributed by atoms with Crippen LogP contribution in [0.25, 0.3) is 11.0 Å². The predicted octanol–water partition coefficient (Wildman–Crippen LogP) is 1.04. The first-order valence-electron chi connectivity index (χ1n) is 3.69. The second kappa shape index (κ2) is 2.14. The molecule has 4 heteroatoms. The van der Waals surface area contributed by atoms with Crippen LogP contribution in [0.2, 0.25) is 0 Å². The molecule has 5 N–H and O–H groups in total. The third-order valence-corrected chi connectivity index (χ3v) is 1.93. The van der Waals surface area contributed by atoms with E-state index in [9.17, 15) is 0 Å². The average molecular weight is 162 g/mol. The van der Waals surface area contributed by atoms with Gasteiger partial charge in [0.25, 0.3) is 0 Å². The van der Waals surface area contributed by atoms with E-state index < -0.39 is 0 Å². The molecule has 1 heterocycles. The summed E-state index contributed by atoms with van der Waals surface area (Å²) in [6.45, 7) is 1.94. The number of imidazole rings is 1. The van der Waals surface area contributed by atoms with Crippen LogP contribution in [0.5, 0.6) is 0 Å². The number of fused-ring (bicyclic) bond motifs is 1. The first-order valence-corrected chi connectivity index (χ1v) is 3.69. The van der Waals surface area contributed by atoms with Gasteiger partial charge in [-0.15, -0.1) is 0 Å². The summed E-state index contributed by atoms with van der Waals surface area (Å²) in [6.07, 6.45) is 0. The van der Waals surface area contributed by atoms with Crippen molar-refractivity contribution in [1.29, 1.82) is 0 Å². The van der Waals surface area contributed by atoms with Gasteiger partial charge in [-0.2, -0.15) is 0 Å². The quantitative estimate of drug-likeness (QED) is 0.506. The van der Waals surface area contributed by atoms with Gasteiger partial charge in [0, 0.05) is 0 Å². The topological polar surface area (TPSA) is 80.7 Å². The third-order valence-electron chi connectivity index (χ3n) is 1.93. The van der Waals surface area contributed by atoms with Gasteiger partial charge in [0.1, 0.15) is 5.52 Å². The Hall–Kier alpha value is -1.71. The highest BCUT2D eigenvalue weighted by Crippen LogP contribution is 2.22. The van der Waals surface area contributed by atoms with Crippen molar-refractivity contribution in [1.82, 2.24) is 9.97 Å². The summed E-state index contributed by atoms with van der Waals surface area (Å²) in [7, 11) is 0. The fourth-order valence-electron chi connectivity index (χ4n) is 1.22. The monoisotopic (exact) mass is 162 g/mol. The van der Waals surface area contributed by atoms with Crippen LogP contribution in [0.3, 0.4) is 0 Å². The molecule has 4 nitrogen and oxygen atoms in total. The number of nitrogen functional groups attached to an aromatic ring is 2. The lowest BCUT2D eigenvalue weighted by Crippen LogP contribution is -1.90. The Bertz CT molecular complexity index is 430. The standard InChI is InChI=1S/C8H10N4/c1-4-2-3-5-7(6(4)9)12-8(10)11-5/h2-3H,9H2,1H3,(H3,10,11,12). The lowest BCUT2D eigenvalue weighted by molar-refractivity contribution is 1.35. The molecule has 1 aromatic heterocycles. The van der Waals surface area contributed by atoms with Crippen LogP contribution >= 0.6 is 0 Å². The van der Waals surface area contributed by atoms with Gasteiger partial charge in [0.2, 0.25) is 0 Å². The van der Waals surface area contributed by atoms with Crippen molar-refractivity contribution in [3.63, 3.8) is 0 Å². The van der Waals surface area contributed by atoms with E-state index in [4.69, 9.17) is 11.5 Å². The maximum atomic E-state index is 5.79. The molecule has 0 atom stereocenters. The minimum atomic E-state index is 0.405. The molecule has 62 valence electrons. The summed E-state index contributed by atoms with van der Waals surface area (Å²) >= 11 is 0. The van der Waals surface area contributed by atoms with Crippen molar-refractivity contribution in [2.45, 2.75) is 6.92 Å². The summed E-state index contributed by atoms with van der Waals surface area (Å²) in [6, 6.07) is 3.86. The summed E-state index contributed by atoms with van der Waals surface area (Å²) in [5.41, 5.74) is 14.6. The van der Waals surface area contributed by atoms with Crippen LogP contribution in [-0.4, -0.2) is 9.97 Å². The molecular weight excluding hydrogens is 152 g/mol. The summed E-state index contributed by atoms with van der Waals surface area (Å²) in [5.74, 6) is 0.405. The van der Waals surface area contributed by atoms with Crippen molar-refractivity contribution in [2.75, 3.05) is 11.5 Å². The number of H-pyrrole nitrogens is 1. The van der Waals surface area contributed by atoms with Crippen LogP contribution in [-0.2, 0) is 0 Å². The fraction of sp³-hybridized carbons (Fsp3) is 0.125. The fourth-order valence-corrected chi connectivity index (χ4v) is 1.22. The van der Waals surface area contributed by atoms with E-state index in [0.29, 0.717) is 11.6 Å². The van der Waals surface area contributed by atoms with Gasteiger partial charge in [0.15, 0.2) is 5.95 Å². The number of nitrogens with zero attached hydrogens (tertiary/aromatic N) is 1. The number of rotatable bonds is 0. The molecule has 0 fully saturated rings. The zero-order valence-electron chi connectivity index (χ0n) is 6.76. The number of anilines is 2. The number of aromatic nitrogens is 2. The molecule has 0 bridgehead atoms. The second-order valence-corrected chi connectivity index (χ2v) is 2.81. The first kappa shape index (κ1) is 6.97. The Balaban J connectivity index is 2.89. The molecule has 1 aromatic carbocycles. The minimum absolute atomic E-state index is 0.405. The van der Waals surface area contributed by atoms with Crippen molar-refractivity contribution in [2.24, 2.45) is 0 Å². The molecule has 0 aliphatic rings. The van der Waals surface area contributed by atoms with Crippen molar-refractivity contribution < 1.29 is 0 Å². The van der Waals surface area contributed by atoms with E-state index in [1.165, 1.54) is 0 Å². The number of hydrogen-bond donors (Lipinski definition) is 3. The van der Waals surface area contributed by atoms with Gasteiger partial charge in [-0.3, -0.25) is 0 Å². The normalized spacial score (nSPS) is 10.8. The number of nitrogens with two attached hydrogens (primary N) is 2. The number of benzene rings is 1. The van der Waals surface area contributed by atoms with Crippen LogP contribution in [0.4, 0.5) is 11.6 Å². The van der Waals surface area contributed by atoms with E-state index in [1.54, 1.807) is 0 Å². The predicted molar refractivity (Wildman–Crippen MR) is 49.7 cm³/mol. The molecule has 0 saturated heterocycles. The Morgan fingerprint density at radius 2 is 2.08 bits per heavy atom. The van der Waals surface area contributed by atoms with E-state index in [2.05, 4.69) is 9.97 Å². The first-order chi connectivity index (χ1) is 5.68. The SMILES string of the molecule is Cc1ccc2[nH]c(N)nc2c1N. The largest absolute Gasteiger partial charge is 0.397 e. The minimum Gasteiger partial charge on any atom is -0.397 e.